The highest BCUT2D eigenvalue weighted by atomic mass is 32.2. The van der Waals surface area contributed by atoms with E-state index in [-0.39, 0.29) is 5.11 Å². The summed E-state index contributed by atoms with van der Waals surface area (Å²) in [5, 5.41) is 3.01. The summed E-state index contributed by atoms with van der Waals surface area (Å²) in [4.78, 5) is 17.1. The number of thiocarbonyl (C=S) groups is 2. The lowest BCUT2D eigenvalue weighted by Gasteiger charge is -2.26. The topological polar surface area (TPSA) is 88.2 Å². The normalized spacial score (nSPS) is 10.6. The number of amides is 1. The predicted octanol–water partition coefficient (Wildman–Crippen LogP) is -1.59. The van der Waals surface area contributed by atoms with Gasteiger partial charge in [-0.25, -0.2) is 8.42 Å². The molecule has 0 spiro atoms. The van der Waals surface area contributed by atoms with Crippen LogP contribution in [0.1, 0.15) is 0 Å². The molecule has 0 aromatic heterocycles. The predicted molar refractivity (Wildman–Crippen MR) is 93.2 cm³/mol. The first kappa shape index (κ1) is 20.8. The lowest BCUT2D eigenvalue weighted by molar-refractivity contribution is -0.121. The number of hydrazine groups is 2. The second kappa shape index (κ2) is 8.41. The molecule has 9 nitrogen and oxygen atoms in total. The lowest BCUT2D eigenvalue weighted by atomic mass is 10.7. The number of rotatable bonds is 4. The Labute approximate surface area is 142 Å². The number of carbonyl (C=O) groups is 1. The van der Waals surface area contributed by atoms with Crippen LogP contribution in [0.4, 0.5) is 0 Å². The molecule has 0 aromatic rings. The Bertz CT molecular complexity index is 534. The van der Waals surface area contributed by atoms with Crippen molar-refractivity contribution in [1.29, 1.82) is 0 Å². The van der Waals surface area contributed by atoms with Gasteiger partial charge in [-0.15, -0.1) is 4.83 Å². The van der Waals surface area contributed by atoms with E-state index in [1.165, 1.54) is 19.1 Å². The van der Waals surface area contributed by atoms with Gasteiger partial charge in [0.25, 0.3) is 5.91 Å². The third kappa shape index (κ3) is 7.15. The number of nitrogens with zero attached hydrogens (tertiary/aromatic N) is 4. The second-order valence-electron chi connectivity index (χ2n) is 4.86. The van der Waals surface area contributed by atoms with Crippen molar-refractivity contribution in [1.82, 2.24) is 30.1 Å². The van der Waals surface area contributed by atoms with Crippen LogP contribution < -0.4 is 10.3 Å². The molecule has 0 radical (unpaired) electrons. The summed E-state index contributed by atoms with van der Waals surface area (Å²) in [5.41, 5.74) is 2.37. The van der Waals surface area contributed by atoms with Crippen LogP contribution in [0.2, 0.25) is 0 Å². The Morgan fingerprint density at radius 2 is 1.32 bits per heavy atom. The van der Waals surface area contributed by atoms with Gasteiger partial charge in [-0.3, -0.25) is 20.2 Å². The van der Waals surface area contributed by atoms with Crippen LogP contribution in [0.3, 0.4) is 0 Å². The maximum atomic E-state index is 11.9. The van der Waals surface area contributed by atoms with Gasteiger partial charge in [-0.1, -0.05) is 0 Å². The molecule has 0 aliphatic rings. The largest absolute Gasteiger partial charge is 0.354 e. The molecule has 0 saturated heterocycles. The number of hydrogen-bond acceptors (Lipinski definition) is 5. The number of hydrogen-bond donors (Lipinski definition) is 2. The van der Waals surface area contributed by atoms with E-state index in [1.54, 1.807) is 38.0 Å². The Morgan fingerprint density at radius 1 is 0.909 bits per heavy atom. The highest BCUT2D eigenvalue weighted by Crippen LogP contribution is 1.94. The minimum absolute atomic E-state index is 0.259. The van der Waals surface area contributed by atoms with Crippen molar-refractivity contribution in [2.45, 2.75) is 0 Å². The summed E-state index contributed by atoms with van der Waals surface area (Å²) in [6.45, 7) is 0. The van der Waals surface area contributed by atoms with Gasteiger partial charge in [-0.2, -0.15) is 0 Å². The van der Waals surface area contributed by atoms with Crippen LogP contribution in [-0.2, 0) is 14.8 Å². The molecule has 2 N–H and O–H groups in total. The van der Waals surface area contributed by atoms with Crippen molar-refractivity contribution in [3.8, 4) is 0 Å². The molecule has 0 aromatic carbocycles. The molecular weight excluding hydrogens is 348 g/mol. The zero-order valence-corrected chi connectivity index (χ0v) is 15.9. The van der Waals surface area contributed by atoms with Crippen LogP contribution >= 0.6 is 24.4 Å². The molecule has 1 amide bonds. The van der Waals surface area contributed by atoms with E-state index in [0.29, 0.717) is 5.11 Å². The summed E-state index contributed by atoms with van der Waals surface area (Å²) in [7, 11) is 5.86. The highest BCUT2D eigenvalue weighted by molar-refractivity contribution is 7.90. The van der Waals surface area contributed by atoms with Gasteiger partial charge >= 0.3 is 0 Å². The lowest BCUT2D eigenvalue weighted by Crippen LogP contribution is -2.52. The molecule has 0 rings (SSSR count). The van der Waals surface area contributed by atoms with Crippen LogP contribution in [-0.4, -0.2) is 92.4 Å². The molecule has 0 aliphatic carbocycles. The molecule has 0 atom stereocenters. The molecular formula is C10H22N6O3S3. The minimum atomic E-state index is -3.88. The Balaban J connectivity index is 4.63. The first-order valence-corrected chi connectivity index (χ1v) is 8.54. The molecule has 0 fully saturated rings. The van der Waals surface area contributed by atoms with Gasteiger partial charge in [-0.05, 0) is 24.4 Å². The first-order chi connectivity index (χ1) is 9.87. The van der Waals surface area contributed by atoms with Crippen molar-refractivity contribution >= 4 is 50.6 Å². The van der Waals surface area contributed by atoms with E-state index in [0.717, 1.165) is 5.01 Å². The highest BCUT2D eigenvalue weighted by Gasteiger charge is 2.21. The quantitative estimate of drug-likeness (QED) is 0.449. The Kier molecular flexibility index (Phi) is 7.93. The first-order valence-electron chi connectivity index (χ1n) is 6.07. The fourth-order valence-corrected chi connectivity index (χ4v) is 2.45. The van der Waals surface area contributed by atoms with Crippen LogP contribution in [0.25, 0.3) is 0 Å². The summed E-state index contributed by atoms with van der Waals surface area (Å²) in [6, 6.07) is 0. The molecule has 0 heterocycles. The zero-order valence-electron chi connectivity index (χ0n) is 13.4. The van der Waals surface area contributed by atoms with Gasteiger partial charge in [0.05, 0.1) is 0 Å². The van der Waals surface area contributed by atoms with E-state index < -0.39 is 21.7 Å². The fraction of sp³-hybridized carbons (Fsp3) is 0.700. The molecule has 0 aliphatic heterocycles. The van der Waals surface area contributed by atoms with E-state index in [1.807, 2.05) is 0 Å². The van der Waals surface area contributed by atoms with Gasteiger partial charge < -0.3 is 9.80 Å². The molecule has 0 bridgehead atoms. The van der Waals surface area contributed by atoms with Crippen LogP contribution in [0.15, 0.2) is 0 Å². The monoisotopic (exact) mass is 370 g/mol. The van der Waals surface area contributed by atoms with Crippen molar-refractivity contribution < 1.29 is 13.2 Å². The average molecular weight is 371 g/mol. The maximum absolute atomic E-state index is 11.9. The van der Waals surface area contributed by atoms with E-state index in [4.69, 9.17) is 24.4 Å². The Hall–Kier alpha value is -1.24. The smallest absolute Gasteiger partial charge is 0.255 e. The zero-order chi connectivity index (χ0) is 17.7. The summed E-state index contributed by atoms with van der Waals surface area (Å²) in [6.07, 6.45) is 0. The molecule has 0 unspecified atom stereocenters. The van der Waals surface area contributed by atoms with Crippen LogP contribution in [0, 0.1) is 0 Å². The van der Waals surface area contributed by atoms with Crippen molar-refractivity contribution in [2.24, 2.45) is 0 Å². The standard InChI is InChI=1S/C10H22N6O3S3/c1-13(2)9(20)15(5)11-8(17)7-22(18,19)12-16(6)10(21)14(3)4/h12H,7H2,1-6H3,(H,11,17). The van der Waals surface area contributed by atoms with Crippen molar-refractivity contribution in [2.75, 3.05) is 48.0 Å². The fourth-order valence-electron chi connectivity index (χ4n) is 1.32. The molecule has 12 heteroatoms. The van der Waals surface area contributed by atoms with Crippen LogP contribution in [0.5, 0.6) is 0 Å². The number of sulfonamides is 1. The summed E-state index contributed by atoms with van der Waals surface area (Å²) >= 11 is 10.0. The van der Waals surface area contributed by atoms with Gasteiger partial charge in [0.15, 0.2) is 10.2 Å². The third-order valence-electron chi connectivity index (χ3n) is 2.23. The molecule has 128 valence electrons. The third-order valence-corrected chi connectivity index (χ3v) is 4.70. The molecule has 0 saturated carbocycles. The van der Waals surface area contributed by atoms with Gasteiger partial charge in [0.2, 0.25) is 10.0 Å². The Morgan fingerprint density at radius 3 is 1.73 bits per heavy atom. The molecule has 22 heavy (non-hydrogen) atoms. The average Bonchev–Trinajstić information content (AvgIpc) is 2.34. The van der Waals surface area contributed by atoms with E-state index in [2.05, 4.69) is 10.3 Å². The SMILES string of the molecule is CN(C)C(=S)N(C)NC(=O)CS(=O)(=O)NN(C)C(=S)N(C)C. The summed E-state index contributed by atoms with van der Waals surface area (Å²) in [5.74, 6) is -1.48. The van der Waals surface area contributed by atoms with Gasteiger partial charge in [0, 0.05) is 42.3 Å². The van der Waals surface area contributed by atoms with Gasteiger partial charge in [0.1, 0.15) is 5.75 Å². The maximum Gasteiger partial charge on any atom is 0.255 e. The summed E-state index contributed by atoms with van der Waals surface area (Å²) < 4.78 is 23.8. The number of carbonyl (C=O) groups excluding carboxylic acids is 1. The van der Waals surface area contributed by atoms with Crippen molar-refractivity contribution in [3.05, 3.63) is 0 Å². The number of nitrogens with one attached hydrogen (secondary N) is 2. The van der Waals surface area contributed by atoms with E-state index >= 15 is 0 Å². The second-order valence-corrected chi connectivity index (χ2v) is 7.29. The van der Waals surface area contributed by atoms with E-state index in [9.17, 15) is 13.2 Å². The van der Waals surface area contributed by atoms with Crippen molar-refractivity contribution in [3.63, 3.8) is 0 Å². The minimum Gasteiger partial charge on any atom is -0.354 e.